The van der Waals surface area contributed by atoms with Crippen LogP contribution in [0.1, 0.15) is 49.5 Å². The van der Waals surface area contributed by atoms with Crippen LogP contribution in [0.2, 0.25) is 0 Å². The number of hydrogen-bond acceptors (Lipinski definition) is 1. The maximum Gasteiger partial charge on any atom is 0.251 e. The number of benzene rings is 1. The molecule has 0 radical (unpaired) electrons. The third kappa shape index (κ3) is 3.74. The van der Waals surface area contributed by atoms with Gasteiger partial charge in [-0.3, -0.25) is 4.79 Å². The highest BCUT2D eigenvalue weighted by atomic mass is 35.5. The van der Waals surface area contributed by atoms with Gasteiger partial charge in [0, 0.05) is 17.0 Å². The molecule has 1 amide bonds. The summed E-state index contributed by atoms with van der Waals surface area (Å²) in [5, 5.41) is 3.11. The lowest BCUT2D eigenvalue weighted by Crippen LogP contribution is -2.46. The summed E-state index contributed by atoms with van der Waals surface area (Å²) in [6.45, 7) is 6.17. The van der Waals surface area contributed by atoms with Gasteiger partial charge in [0.05, 0.1) is 0 Å². The fraction of sp³-hybridized carbons (Fsp3) is 0.533. The van der Waals surface area contributed by atoms with Gasteiger partial charge in [-0.2, -0.15) is 0 Å². The summed E-state index contributed by atoms with van der Waals surface area (Å²) in [5.74, 6) is 0.557. The summed E-state index contributed by atoms with van der Waals surface area (Å²) in [5.41, 5.74) is 1.63. The van der Waals surface area contributed by atoms with E-state index in [0.717, 1.165) is 30.4 Å². The fourth-order valence-electron chi connectivity index (χ4n) is 1.93. The Balaban J connectivity index is 2.87. The van der Waals surface area contributed by atoms with E-state index in [-0.39, 0.29) is 11.4 Å². The Labute approximate surface area is 115 Å². The van der Waals surface area contributed by atoms with Gasteiger partial charge < -0.3 is 5.32 Å². The van der Waals surface area contributed by atoms with E-state index in [1.54, 1.807) is 0 Å². The van der Waals surface area contributed by atoms with Crippen molar-refractivity contribution in [1.82, 2.24) is 5.32 Å². The molecule has 1 N–H and O–H groups in total. The van der Waals surface area contributed by atoms with Gasteiger partial charge in [0.1, 0.15) is 0 Å². The minimum atomic E-state index is -0.223. The van der Waals surface area contributed by atoms with Crippen molar-refractivity contribution >= 4 is 17.5 Å². The van der Waals surface area contributed by atoms with E-state index in [1.807, 2.05) is 31.2 Å². The molecule has 0 bridgehead atoms. The number of carbonyl (C=O) groups is 1. The first kappa shape index (κ1) is 15.0. The average molecular weight is 268 g/mol. The Hall–Kier alpha value is -1.02. The lowest BCUT2D eigenvalue weighted by Gasteiger charge is -2.29. The minimum absolute atomic E-state index is 0.00177. The Morgan fingerprint density at radius 1 is 1.33 bits per heavy atom. The molecule has 0 aromatic heterocycles. The maximum atomic E-state index is 12.3. The molecule has 100 valence electrons. The minimum Gasteiger partial charge on any atom is -0.347 e. The molecule has 0 fully saturated rings. The third-order valence-corrected chi connectivity index (χ3v) is 3.67. The van der Waals surface area contributed by atoms with Crippen molar-refractivity contribution in [1.29, 1.82) is 0 Å². The number of alkyl halides is 1. The van der Waals surface area contributed by atoms with Crippen molar-refractivity contribution in [2.24, 2.45) is 0 Å². The quantitative estimate of drug-likeness (QED) is 0.781. The zero-order valence-electron chi connectivity index (χ0n) is 11.4. The van der Waals surface area contributed by atoms with Crippen LogP contribution < -0.4 is 5.32 Å². The fourth-order valence-corrected chi connectivity index (χ4v) is 2.34. The van der Waals surface area contributed by atoms with Crippen LogP contribution in [0.4, 0.5) is 0 Å². The molecule has 1 aromatic rings. The normalized spacial score (nSPS) is 14.0. The molecule has 0 aliphatic heterocycles. The Morgan fingerprint density at radius 2 is 2.00 bits per heavy atom. The summed E-state index contributed by atoms with van der Waals surface area (Å²) in [4.78, 5) is 12.3. The van der Waals surface area contributed by atoms with Crippen LogP contribution in [-0.2, 0) is 6.42 Å². The molecule has 2 nitrogen and oxygen atoms in total. The number of hydrogen-bond donors (Lipinski definition) is 1. The standard InChI is InChI=1S/C15H22ClNO/c1-4-12-8-6-7-9-13(12)14(18)17-15(3,5-2)10-11-16/h6-9H,4-5,10-11H2,1-3H3,(H,17,18). The summed E-state index contributed by atoms with van der Waals surface area (Å²) in [6.07, 6.45) is 2.52. The molecule has 1 rings (SSSR count). The van der Waals surface area contributed by atoms with Crippen LogP contribution in [0, 0.1) is 0 Å². The number of halogens is 1. The highest BCUT2D eigenvalue weighted by Gasteiger charge is 2.24. The molecule has 0 saturated heterocycles. The molecule has 0 spiro atoms. The zero-order valence-corrected chi connectivity index (χ0v) is 12.2. The Bertz CT molecular complexity index is 405. The largest absolute Gasteiger partial charge is 0.347 e. The van der Waals surface area contributed by atoms with Crippen LogP contribution in [0.5, 0.6) is 0 Å². The molecule has 0 saturated carbocycles. The molecule has 1 atom stereocenters. The van der Waals surface area contributed by atoms with Gasteiger partial charge in [0.15, 0.2) is 0 Å². The second-order valence-corrected chi connectivity index (χ2v) is 5.20. The van der Waals surface area contributed by atoms with Gasteiger partial charge in [-0.25, -0.2) is 0 Å². The lowest BCUT2D eigenvalue weighted by atomic mass is 9.94. The van der Waals surface area contributed by atoms with Gasteiger partial charge in [-0.05, 0) is 37.8 Å². The van der Waals surface area contributed by atoms with Crippen LogP contribution in [0.3, 0.4) is 0 Å². The molecule has 1 aromatic carbocycles. The van der Waals surface area contributed by atoms with Crippen molar-refractivity contribution in [3.05, 3.63) is 35.4 Å². The smallest absolute Gasteiger partial charge is 0.251 e. The van der Waals surface area contributed by atoms with E-state index >= 15 is 0 Å². The van der Waals surface area contributed by atoms with Crippen molar-refractivity contribution in [3.63, 3.8) is 0 Å². The highest BCUT2D eigenvalue weighted by molar-refractivity contribution is 6.17. The first-order chi connectivity index (χ1) is 8.56. The van der Waals surface area contributed by atoms with Gasteiger partial charge in [0.25, 0.3) is 5.91 Å². The SMILES string of the molecule is CCc1ccccc1C(=O)NC(C)(CC)CCCl. The van der Waals surface area contributed by atoms with Crippen LogP contribution in [0.15, 0.2) is 24.3 Å². The first-order valence-electron chi connectivity index (χ1n) is 6.52. The number of carbonyl (C=O) groups excluding carboxylic acids is 1. The molecule has 0 aliphatic carbocycles. The lowest BCUT2D eigenvalue weighted by molar-refractivity contribution is 0.0900. The zero-order chi connectivity index (χ0) is 13.6. The van der Waals surface area contributed by atoms with Gasteiger partial charge in [-0.15, -0.1) is 11.6 Å². The van der Waals surface area contributed by atoms with E-state index in [0.29, 0.717) is 5.88 Å². The van der Waals surface area contributed by atoms with Gasteiger partial charge in [0.2, 0.25) is 0 Å². The van der Waals surface area contributed by atoms with E-state index < -0.39 is 0 Å². The number of nitrogens with one attached hydrogen (secondary N) is 1. The summed E-state index contributed by atoms with van der Waals surface area (Å²) in [7, 11) is 0. The van der Waals surface area contributed by atoms with E-state index in [1.165, 1.54) is 0 Å². The van der Waals surface area contributed by atoms with E-state index in [4.69, 9.17) is 11.6 Å². The third-order valence-electron chi connectivity index (χ3n) is 3.48. The summed E-state index contributed by atoms with van der Waals surface area (Å²) < 4.78 is 0. The van der Waals surface area contributed by atoms with Crippen molar-refractivity contribution in [3.8, 4) is 0 Å². The topological polar surface area (TPSA) is 29.1 Å². The molecule has 18 heavy (non-hydrogen) atoms. The molecule has 0 heterocycles. The predicted octanol–water partition coefficient (Wildman–Crippen LogP) is 3.78. The van der Waals surface area contributed by atoms with Crippen molar-refractivity contribution in [2.45, 2.75) is 45.6 Å². The second kappa shape index (κ2) is 6.79. The van der Waals surface area contributed by atoms with E-state index in [2.05, 4.69) is 19.2 Å². The van der Waals surface area contributed by atoms with Crippen molar-refractivity contribution < 1.29 is 4.79 Å². The van der Waals surface area contributed by atoms with Gasteiger partial charge >= 0.3 is 0 Å². The summed E-state index contributed by atoms with van der Waals surface area (Å²) in [6, 6.07) is 7.75. The van der Waals surface area contributed by atoms with Gasteiger partial charge in [-0.1, -0.05) is 32.0 Å². The summed E-state index contributed by atoms with van der Waals surface area (Å²) >= 11 is 5.80. The number of amides is 1. The first-order valence-corrected chi connectivity index (χ1v) is 7.06. The molecular weight excluding hydrogens is 246 g/mol. The Morgan fingerprint density at radius 3 is 2.56 bits per heavy atom. The highest BCUT2D eigenvalue weighted by Crippen LogP contribution is 2.17. The van der Waals surface area contributed by atoms with Crippen LogP contribution in [-0.4, -0.2) is 17.3 Å². The number of aryl methyl sites for hydroxylation is 1. The van der Waals surface area contributed by atoms with Crippen LogP contribution in [0.25, 0.3) is 0 Å². The average Bonchev–Trinajstić information content (AvgIpc) is 2.38. The number of rotatable bonds is 6. The second-order valence-electron chi connectivity index (χ2n) is 4.82. The predicted molar refractivity (Wildman–Crippen MR) is 77.3 cm³/mol. The molecule has 3 heteroatoms. The monoisotopic (exact) mass is 267 g/mol. The van der Waals surface area contributed by atoms with Crippen LogP contribution >= 0.6 is 11.6 Å². The molecule has 0 aliphatic rings. The maximum absolute atomic E-state index is 12.3. The Kier molecular flexibility index (Phi) is 5.67. The molecule has 1 unspecified atom stereocenters. The molecular formula is C15H22ClNO. The van der Waals surface area contributed by atoms with E-state index in [9.17, 15) is 4.79 Å². The van der Waals surface area contributed by atoms with Crippen molar-refractivity contribution in [2.75, 3.05) is 5.88 Å².